The molecule has 0 aromatic carbocycles. The monoisotopic (exact) mass is 125 g/mol. The molecule has 0 aromatic rings. The minimum atomic E-state index is 0.291. The van der Waals surface area contributed by atoms with E-state index in [1.165, 1.54) is 6.42 Å². The molecule has 1 atom stereocenters. The van der Waals surface area contributed by atoms with Crippen molar-refractivity contribution in [2.75, 3.05) is 0 Å². The second-order valence-electron chi connectivity index (χ2n) is 2.58. The number of hydrogen-bond acceptors (Lipinski definition) is 1. The molecule has 1 radical (unpaired) electrons. The third kappa shape index (κ3) is 1.55. The van der Waals surface area contributed by atoms with Crippen LogP contribution in [0.2, 0.25) is 0 Å². The standard InChI is InChI=1S/C8H13O/c1-2-7-5-3-4-6-8(7)9/h2,7,9H,1,3-6H2. The van der Waals surface area contributed by atoms with E-state index in [-0.39, 0.29) is 0 Å². The van der Waals surface area contributed by atoms with Gasteiger partial charge in [-0.05, 0) is 12.8 Å². The van der Waals surface area contributed by atoms with Gasteiger partial charge in [0.1, 0.15) is 6.10 Å². The van der Waals surface area contributed by atoms with Crippen LogP contribution in [0.5, 0.6) is 0 Å². The maximum absolute atomic E-state index is 9.21. The van der Waals surface area contributed by atoms with Crippen LogP contribution in [0.25, 0.3) is 0 Å². The summed E-state index contributed by atoms with van der Waals surface area (Å²) in [5.74, 6) is 0.291. The molecule has 1 aliphatic carbocycles. The van der Waals surface area contributed by atoms with Crippen LogP contribution >= 0.6 is 0 Å². The van der Waals surface area contributed by atoms with E-state index in [4.69, 9.17) is 0 Å². The highest BCUT2D eigenvalue weighted by Gasteiger charge is 2.20. The molecule has 1 saturated carbocycles. The highest BCUT2D eigenvalue weighted by Crippen LogP contribution is 2.29. The van der Waals surface area contributed by atoms with Gasteiger partial charge < -0.3 is 5.11 Å². The van der Waals surface area contributed by atoms with E-state index in [0.29, 0.717) is 12.0 Å². The molecular weight excluding hydrogens is 112 g/mol. The summed E-state index contributed by atoms with van der Waals surface area (Å²) in [5, 5.41) is 9.21. The molecule has 1 N–H and O–H groups in total. The fourth-order valence-electron chi connectivity index (χ4n) is 1.28. The lowest BCUT2D eigenvalue weighted by molar-refractivity contribution is 0.201. The van der Waals surface area contributed by atoms with Crippen molar-refractivity contribution < 1.29 is 5.11 Å². The fraction of sp³-hybridized carbons (Fsp3) is 0.625. The van der Waals surface area contributed by atoms with Gasteiger partial charge in [-0.3, -0.25) is 0 Å². The van der Waals surface area contributed by atoms with Gasteiger partial charge in [-0.1, -0.05) is 18.9 Å². The second-order valence-corrected chi connectivity index (χ2v) is 2.58. The van der Waals surface area contributed by atoms with E-state index in [0.717, 1.165) is 19.3 Å². The molecular formula is C8H13O. The minimum absolute atomic E-state index is 0.291. The van der Waals surface area contributed by atoms with E-state index in [1.807, 2.05) is 6.08 Å². The first-order valence-corrected chi connectivity index (χ1v) is 3.52. The first-order valence-electron chi connectivity index (χ1n) is 3.52. The van der Waals surface area contributed by atoms with Crippen LogP contribution in [0.3, 0.4) is 0 Å². The Balaban J connectivity index is 2.38. The lowest BCUT2D eigenvalue weighted by Crippen LogP contribution is -2.14. The van der Waals surface area contributed by atoms with Crippen molar-refractivity contribution in [1.82, 2.24) is 0 Å². The van der Waals surface area contributed by atoms with Crippen LogP contribution in [0.1, 0.15) is 25.7 Å². The Bertz CT molecular complexity index is 98.7. The fourth-order valence-corrected chi connectivity index (χ4v) is 1.28. The molecule has 9 heavy (non-hydrogen) atoms. The molecule has 0 aromatic heterocycles. The average Bonchev–Trinajstić information content (AvgIpc) is 1.89. The van der Waals surface area contributed by atoms with Gasteiger partial charge in [0.05, 0.1) is 0 Å². The van der Waals surface area contributed by atoms with Crippen LogP contribution < -0.4 is 0 Å². The summed E-state index contributed by atoms with van der Waals surface area (Å²) in [6, 6.07) is 0. The van der Waals surface area contributed by atoms with Gasteiger partial charge in [-0.25, -0.2) is 0 Å². The summed E-state index contributed by atoms with van der Waals surface area (Å²) in [7, 11) is 0. The van der Waals surface area contributed by atoms with Crippen LogP contribution in [-0.2, 0) is 0 Å². The van der Waals surface area contributed by atoms with Crippen molar-refractivity contribution in [2.45, 2.75) is 25.7 Å². The summed E-state index contributed by atoms with van der Waals surface area (Å²) >= 11 is 0. The van der Waals surface area contributed by atoms with Crippen molar-refractivity contribution in [2.24, 2.45) is 5.92 Å². The van der Waals surface area contributed by atoms with Gasteiger partial charge in [-0.2, -0.15) is 0 Å². The van der Waals surface area contributed by atoms with Crippen molar-refractivity contribution in [1.29, 1.82) is 0 Å². The summed E-state index contributed by atoms with van der Waals surface area (Å²) in [6.45, 7) is 3.65. The minimum Gasteiger partial charge on any atom is -0.386 e. The van der Waals surface area contributed by atoms with Gasteiger partial charge in [0.15, 0.2) is 0 Å². The van der Waals surface area contributed by atoms with Gasteiger partial charge in [0, 0.05) is 5.92 Å². The maximum Gasteiger partial charge on any atom is 0.100 e. The summed E-state index contributed by atoms with van der Waals surface area (Å²) in [6.07, 6.45) is 6.84. The van der Waals surface area contributed by atoms with Gasteiger partial charge >= 0.3 is 0 Å². The number of hydrogen-bond donors (Lipinski definition) is 1. The summed E-state index contributed by atoms with van der Waals surface area (Å²) in [5.41, 5.74) is 0. The normalized spacial score (nSPS) is 30.1. The molecule has 0 heterocycles. The van der Waals surface area contributed by atoms with Crippen molar-refractivity contribution in [3.8, 4) is 0 Å². The van der Waals surface area contributed by atoms with Crippen LogP contribution in [0, 0.1) is 12.0 Å². The molecule has 1 nitrogen and oxygen atoms in total. The molecule has 51 valence electrons. The van der Waals surface area contributed by atoms with Gasteiger partial charge in [0.25, 0.3) is 0 Å². The Morgan fingerprint density at radius 2 is 2.33 bits per heavy atom. The lowest BCUT2D eigenvalue weighted by Gasteiger charge is -2.22. The van der Waals surface area contributed by atoms with Gasteiger partial charge in [0.2, 0.25) is 0 Å². The highest BCUT2D eigenvalue weighted by molar-refractivity contribution is 4.97. The lowest BCUT2D eigenvalue weighted by atomic mass is 9.87. The summed E-state index contributed by atoms with van der Waals surface area (Å²) < 4.78 is 0. The molecule has 0 amide bonds. The zero-order chi connectivity index (χ0) is 6.69. The Morgan fingerprint density at radius 3 is 2.78 bits per heavy atom. The molecule has 0 bridgehead atoms. The molecule has 0 aliphatic heterocycles. The second kappa shape index (κ2) is 3.02. The third-order valence-electron chi connectivity index (χ3n) is 1.91. The van der Waals surface area contributed by atoms with Crippen molar-refractivity contribution >= 4 is 0 Å². The SMILES string of the molecule is C=CC1CCCC[C]1O. The Labute approximate surface area is 56.4 Å². The van der Waals surface area contributed by atoms with E-state index in [9.17, 15) is 5.11 Å². The Morgan fingerprint density at radius 1 is 1.56 bits per heavy atom. The Hall–Kier alpha value is -0.300. The van der Waals surface area contributed by atoms with E-state index >= 15 is 0 Å². The zero-order valence-electron chi connectivity index (χ0n) is 5.64. The van der Waals surface area contributed by atoms with Crippen molar-refractivity contribution in [3.05, 3.63) is 18.8 Å². The van der Waals surface area contributed by atoms with E-state index in [2.05, 4.69) is 6.58 Å². The third-order valence-corrected chi connectivity index (χ3v) is 1.91. The highest BCUT2D eigenvalue weighted by atomic mass is 16.3. The van der Waals surface area contributed by atoms with Crippen molar-refractivity contribution in [3.63, 3.8) is 0 Å². The first-order chi connectivity index (χ1) is 4.34. The topological polar surface area (TPSA) is 20.2 Å². The number of rotatable bonds is 1. The van der Waals surface area contributed by atoms with Crippen LogP contribution in [-0.4, -0.2) is 5.11 Å². The predicted octanol–water partition coefficient (Wildman–Crippen LogP) is 2.27. The number of aliphatic hydroxyl groups is 1. The zero-order valence-corrected chi connectivity index (χ0v) is 5.64. The molecule has 1 unspecified atom stereocenters. The smallest absolute Gasteiger partial charge is 0.100 e. The molecule has 1 aliphatic rings. The molecule has 1 rings (SSSR count). The van der Waals surface area contributed by atoms with Gasteiger partial charge in [-0.15, -0.1) is 6.58 Å². The Kier molecular flexibility index (Phi) is 2.29. The number of aliphatic hydroxyl groups excluding tert-OH is 1. The average molecular weight is 125 g/mol. The van der Waals surface area contributed by atoms with E-state index in [1.54, 1.807) is 0 Å². The van der Waals surface area contributed by atoms with E-state index < -0.39 is 0 Å². The molecule has 0 saturated heterocycles. The quantitative estimate of drug-likeness (QED) is 0.533. The first kappa shape index (κ1) is 6.81. The molecule has 0 spiro atoms. The maximum atomic E-state index is 9.21. The van der Waals surface area contributed by atoms with Crippen LogP contribution in [0.15, 0.2) is 12.7 Å². The molecule has 1 fully saturated rings. The summed E-state index contributed by atoms with van der Waals surface area (Å²) in [4.78, 5) is 0. The van der Waals surface area contributed by atoms with Crippen LogP contribution in [0.4, 0.5) is 0 Å². The largest absolute Gasteiger partial charge is 0.386 e. The predicted molar refractivity (Wildman–Crippen MR) is 37.3 cm³/mol. The molecule has 1 heteroatoms.